The van der Waals surface area contributed by atoms with Gasteiger partial charge in [-0.15, -0.1) is 0 Å². The lowest BCUT2D eigenvalue weighted by atomic mass is 10.1. The molecule has 0 amide bonds. The van der Waals surface area contributed by atoms with Gasteiger partial charge in [0.1, 0.15) is 17.3 Å². The predicted molar refractivity (Wildman–Crippen MR) is 72.2 cm³/mol. The van der Waals surface area contributed by atoms with Crippen LogP contribution in [-0.2, 0) is 0 Å². The molecule has 2 aromatic rings. The summed E-state index contributed by atoms with van der Waals surface area (Å²) in [6.45, 7) is 1.70. The highest BCUT2D eigenvalue weighted by Gasteiger charge is 2.12. The van der Waals surface area contributed by atoms with Crippen molar-refractivity contribution in [2.75, 3.05) is 0 Å². The first kappa shape index (κ1) is 14.0. The van der Waals surface area contributed by atoms with Crippen LogP contribution in [0.25, 0.3) is 0 Å². The SMILES string of the molecule is C[C@@H](N)c1cc(F)ccc1Oc1cccc([N+](=O)[O-])c1. The minimum absolute atomic E-state index is 0.0769. The summed E-state index contributed by atoms with van der Waals surface area (Å²) in [5.74, 6) is 0.262. The van der Waals surface area contributed by atoms with Crippen molar-refractivity contribution in [3.63, 3.8) is 0 Å². The van der Waals surface area contributed by atoms with Gasteiger partial charge in [-0.05, 0) is 31.2 Å². The van der Waals surface area contributed by atoms with Crippen molar-refractivity contribution < 1.29 is 14.1 Å². The summed E-state index contributed by atoms with van der Waals surface area (Å²) in [7, 11) is 0. The number of hydrogen-bond acceptors (Lipinski definition) is 4. The largest absolute Gasteiger partial charge is 0.457 e. The Balaban J connectivity index is 2.35. The lowest BCUT2D eigenvalue weighted by Crippen LogP contribution is -2.07. The molecule has 104 valence electrons. The Labute approximate surface area is 114 Å². The molecule has 0 aliphatic carbocycles. The summed E-state index contributed by atoms with van der Waals surface area (Å²) in [6.07, 6.45) is 0. The summed E-state index contributed by atoms with van der Waals surface area (Å²) in [5, 5.41) is 10.7. The number of rotatable bonds is 4. The van der Waals surface area contributed by atoms with E-state index in [4.69, 9.17) is 10.5 Å². The van der Waals surface area contributed by atoms with E-state index in [-0.39, 0.29) is 5.69 Å². The van der Waals surface area contributed by atoms with Crippen molar-refractivity contribution in [3.8, 4) is 11.5 Å². The van der Waals surface area contributed by atoms with Gasteiger partial charge in [0.15, 0.2) is 0 Å². The average Bonchev–Trinajstić information content (AvgIpc) is 2.41. The van der Waals surface area contributed by atoms with Gasteiger partial charge < -0.3 is 10.5 Å². The molecule has 20 heavy (non-hydrogen) atoms. The van der Waals surface area contributed by atoms with E-state index in [1.807, 2.05) is 0 Å². The number of nitro benzene ring substituents is 1. The Bertz CT molecular complexity index is 644. The van der Waals surface area contributed by atoms with Gasteiger partial charge >= 0.3 is 0 Å². The average molecular weight is 276 g/mol. The van der Waals surface area contributed by atoms with Crippen LogP contribution in [0, 0.1) is 15.9 Å². The van der Waals surface area contributed by atoms with Gasteiger partial charge in [0.2, 0.25) is 0 Å². The number of non-ortho nitro benzene ring substituents is 1. The Morgan fingerprint density at radius 3 is 2.70 bits per heavy atom. The number of halogens is 1. The van der Waals surface area contributed by atoms with Crippen LogP contribution in [0.15, 0.2) is 42.5 Å². The maximum absolute atomic E-state index is 13.2. The Kier molecular flexibility index (Phi) is 3.95. The topological polar surface area (TPSA) is 78.4 Å². The molecule has 1 atom stereocenters. The zero-order chi connectivity index (χ0) is 14.7. The molecule has 2 aromatic carbocycles. The van der Waals surface area contributed by atoms with Gasteiger partial charge in [0.25, 0.3) is 5.69 Å². The molecule has 2 N–H and O–H groups in total. The predicted octanol–water partition coefficient (Wildman–Crippen LogP) is 3.55. The van der Waals surface area contributed by atoms with Crippen LogP contribution in [0.2, 0.25) is 0 Å². The minimum Gasteiger partial charge on any atom is -0.457 e. The van der Waals surface area contributed by atoms with Gasteiger partial charge in [0.05, 0.1) is 11.0 Å². The standard InChI is InChI=1S/C14H13FN2O3/c1-9(16)13-7-10(15)5-6-14(13)20-12-4-2-3-11(8-12)17(18)19/h2-9H,16H2,1H3/t9-/m1/s1. The van der Waals surface area contributed by atoms with E-state index in [0.29, 0.717) is 17.1 Å². The van der Waals surface area contributed by atoms with Crippen LogP contribution < -0.4 is 10.5 Å². The van der Waals surface area contributed by atoms with Crippen LogP contribution in [0.5, 0.6) is 11.5 Å². The summed E-state index contributed by atoms with van der Waals surface area (Å²) < 4.78 is 18.8. The van der Waals surface area contributed by atoms with E-state index in [1.165, 1.54) is 36.4 Å². The number of nitro groups is 1. The number of ether oxygens (including phenoxy) is 1. The van der Waals surface area contributed by atoms with Crippen molar-refractivity contribution in [3.05, 3.63) is 64.0 Å². The molecule has 0 spiro atoms. The van der Waals surface area contributed by atoms with Crippen LogP contribution in [0.1, 0.15) is 18.5 Å². The van der Waals surface area contributed by atoms with Crippen molar-refractivity contribution in [1.29, 1.82) is 0 Å². The van der Waals surface area contributed by atoms with Crippen LogP contribution in [0.3, 0.4) is 0 Å². The third-order valence-electron chi connectivity index (χ3n) is 2.72. The first-order chi connectivity index (χ1) is 9.47. The van der Waals surface area contributed by atoms with E-state index in [0.717, 1.165) is 0 Å². The number of nitrogens with two attached hydrogens (primary N) is 1. The van der Waals surface area contributed by atoms with E-state index < -0.39 is 16.8 Å². The van der Waals surface area contributed by atoms with Crippen LogP contribution in [0.4, 0.5) is 10.1 Å². The molecule has 0 aliphatic rings. The number of nitrogens with zero attached hydrogens (tertiary/aromatic N) is 1. The first-order valence-corrected chi connectivity index (χ1v) is 5.94. The Hall–Kier alpha value is -2.47. The Morgan fingerprint density at radius 1 is 1.30 bits per heavy atom. The highest BCUT2D eigenvalue weighted by Crippen LogP contribution is 2.30. The molecule has 0 heterocycles. The molecule has 0 unspecified atom stereocenters. The molecule has 0 aromatic heterocycles. The second-order valence-electron chi connectivity index (χ2n) is 4.33. The molecule has 5 nitrogen and oxygen atoms in total. The number of hydrogen-bond donors (Lipinski definition) is 1. The molecule has 0 saturated carbocycles. The molecule has 0 aliphatic heterocycles. The maximum atomic E-state index is 13.2. The molecule has 0 bridgehead atoms. The minimum atomic E-state index is -0.510. The maximum Gasteiger partial charge on any atom is 0.273 e. The van der Waals surface area contributed by atoms with E-state index >= 15 is 0 Å². The van der Waals surface area contributed by atoms with Crippen molar-refractivity contribution >= 4 is 5.69 Å². The van der Waals surface area contributed by atoms with Gasteiger partial charge in [-0.25, -0.2) is 4.39 Å². The quantitative estimate of drug-likeness (QED) is 0.684. The van der Waals surface area contributed by atoms with Crippen LogP contribution >= 0.6 is 0 Å². The summed E-state index contributed by atoms with van der Waals surface area (Å²) in [6, 6.07) is 9.34. The van der Waals surface area contributed by atoms with E-state index in [9.17, 15) is 14.5 Å². The molecule has 0 saturated heterocycles. The fourth-order valence-electron chi connectivity index (χ4n) is 1.76. The molecule has 0 radical (unpaired) electrons. The summed E-state index contributed by atoms with van der Waals surface area (Å²) >= 11 is 0. The summed E-state index contributed by atoms with van der Waals surface area (Å²) in [5.41, 5.74) is 6.18. The van der Waals surface area contributed by atoms with E-state index in [2.05, 4.69) is 0 Å². The molecular formula is C14H13FN2O3. The zero-order valence-corrected chi connectivity index (χ0v) is 10.7. The Morgan fingerprint density at radius 2 is 2.05 bits per heavy atom. The lowest BCUT2D eigenvalue weighted by Gasteiger charge is -2.13. The monoisotopic (exact) mass is 276 g/mol. The third kappa shape index (κ3) is 3.10. The molecule has 0 fully saturated rings. The normalized spacial score (nSPS) is 11.9. The molecular weight excluding hydrogens is 263 g/mol. The summed E-state index contributed by atoms with van der Waals surface area (Å²) in [4.78, 5) is 10.2. The van der Waals surface area contributed by atoms with Gasteiger partial charge in [-0.2, -0.15) is 0 Å². The van der Waals surface area contributed by atoms with Crippen molar-refractivity contribution in [2.45, 2.75) is 13.0 Å². The smallest absolute Gasteiger partial charge is 0.273 e. The van der Waals surface area contributed by atoms with Gasteiger partial charge in [0, 0.05) is 17.7 Å². The second-order valence-corrected chi connectivity index (χ2v) is 4.33. The van der Waals surface area contributed by atoms with Gasteiger partial charge in [-0.1, -0.05) is 6.07 Å². The zero-order valence-electron chi connectivity index (χ0n) is 10.7. The van der Waals surface area contributed by atoms with E-state index in [1.54, 1.807) is 13.0 Å². The van der Waals surface area contributed by atoms with Gasteiger partial charge in [-0.3, -0.25) is 10.1 Å². The first-order valence-electron chi connectivity index (χ1n) is 5.94. The molecule has 2 rings (SSSR count). The van der Waals surface area contributed by atoms with Crippen molar-refractivity contribution in [1.82, 2.24) is 0 Å². The van der Waals surface area contributed by atoms with Crippen molar-refractivity contribution in [2.24, 2.45) is 5.73 Å². The number of benzene rings is 2. The second kappa shape index (κ2) is 5.66. The van der Waals surface area contributed by atoms with Crippen LogP contribution in [-0.4, -0.2) is 4.92 Å². The fraction of sp³-hybridized carbons (Fsp3) is 0.143. The molecule has 6 heteroatoms. The third-order valence-corrected chi connectivity index (χ3v) is 2.72. The highest BCUT2D eigenvalue weighted by atomic mass is 19.1. The fourth-order valence-corrected chi connectivity index (χ4v) is 1.76. The highest BCUT2D eigenvalue weighted by molar-refractivity contribution is 5.43. The lowest BCUT2D eigenvalue weighted by molar-refractivity contribution is -0.384.